The molecule has 0 atom stereocenters. The van der Waals surface area contributed by atoms with Gasteiger partial charge in [-0.25, -0.2) is 4.99 Å². The van der Waals surface area contributed by atoms with Gasteiger partial charge in [0.05, 0.1) is 5.69 Å². The monoisotopic (exact) mass is 446 g/mol. The van der Waals surface area contributed by atoms with Crippen molar-refractivity contribution in [2.75, 3.05) is 0 Å². The highest BCUT2D eigenvalue weighted by molar-refractivity contribution is 7.99. The molecule has 0 saturated carbocycles. The van der Waals surface area contributed by atoms with Crippen molar-refractivity contribution in [1.29, 1.82) is 0 Å². The van der Waals surface area contributed by atoms with E-state index >= 15 is 0 Å². The topological polar surface area (TPSA) is 41.5 Å². The molecule has 3 aromatic rings. The van der Waals surface area contributed by atoms with Crippen LogP contribution in [-0.2, 0) is 6.54 Å². The summed E-state index contributed by atoms with van der Waals surface area (Å²) in [5.41, 5.74) is 2.85. The number of fused-ring (bicyclic) bond motifs is 2. The van der Waals surface area contributed by atoms with E-state index in [2.05, 4.69) is 10.3 Å². The van der Waals surface area contributed by atoms with Crippen LogP contribution in [0.2, 0.25) is 10.0 Å². The molecule has 0 aliphatic carbocycles. The predicted molar refractivity (Wildman–Crippen MR) is 117 cm³/mol. The lowest BCUT2D eigenvalue weighted by atomic mass is 10.1. The lowest BCUT2D eigenvalue weighted by Gasteiger charge is -2.09. The van der Waals surface area contributed by atoms with E-state index in [1.54, 1.807) is 42.1 Å². The average molecular weight is 448 g/mol. The van der Waals surface area contributed by atoms with Crippen LogP contribution in [0.5, 0.6) is 0 Å². The number of rotatable bonds is 3. The first-order valence-corrected chi connectivity index (χ1v) is 10.3. The largest absolute Gasteiger partial charge is 0.348 e. The smallest absolute Gasteiger partial charge is 0.251 e. The molecule has 3 aromatic carbocycles. The molecule has 0 unspecified atom stereocenters. The Morgan fingerprint density at radius 3 is 2.61 bits per heavy atom. The highest BCUT2D eigenvalue weighted by atomic mass is 35.5. The van der Waals surface area contributed by atoms with Crippen molar-refractivity contribution in [2.24, 2.45) is 4.99 Å². The van der Waals surface area contributed by atoms with Crippen molar-refractivity contribution in [2.45, 2.75) is 16.3 Å². The Kier molecular flexibility index (Phi) is 5.65. The molecule has 1 heterocycles. The van der Waals surface area contributed by atoms with Crippen LogP contribution in [0.4, 0.5) is 5.69 Å². The normalized spacial score (nSPS) is 12.5. The first-order valence-electron chi connectivity index (χ1n) is 8.39. The van der Waals surface area contributed by atoms with E-state index < -0.39 is 0 Å². The molecule has 0 bridgehead atoms. The summed E-state index contributed by atoms with van der Waals surface area (Å²) in [5, 5.41) is 4.35. The fraction of sp³-hybridized carbons (Fsp3) is 0.0476. The van der Waals surface area contributed by atoms with E-state index in [4.69, 9.17) is 34.8 Å². The second-order valence-electron chi connectivity index (χ2n) is 6.10. The van der Waals surface area contributed by atoms with Gasteiger partial charge in [-0.15, -0.1) is 0 Å². The summed E-state index contributed by atoms with van der Waals surface area (Å²) >= 11 is 20.0. The van der Waals surface area contributed by atoms with Gasteiger partial charge >= 0.3 is 0 Å². The predicted octanol–water partition coefficient (Wildman–Crippen LogP) is 6.71. The Hall–Kier alpha value is -1.98. The zero-order valence-corrected chi connectivity index (χ0v) is 17.5. The SMILES string of the molecule is O=C(NCc1ccc(Cl)cc1Cl)c1ccc2c(c1)N=C(Cl)c1ccccc1S2. The number of halogens is 3. The van der Waals surface area contributed by atoms with E-state index in [1.807, 2.05) is 30.3 Å². The quantitative estimate of drug-likeness (QED) is 0.485. The van der Waals surface area contributed by atoms with Gasteiger partial charge in [-0.1, -0.05) is 70.8 Å². The Labute approximate surface area is 181 Å². The summed E-state index contributed by atoms with van der Waals surface area (Å²) in [7, 11) is 0. The molecule has 140 valence electrons. The average Bonchev–Trinajstić information content (AvgIpc) is 2.82. The van der Waals surface area contributed by atoms with Crippen molar-refractivity contribution < 1.29 is 4.79 Å². The molecule has 1 aliphatic rings. The number of carbonyl (C=O) groups excluding carboxylic acids is 1. The third-order valence-electron chi connectivity index (χ3n) is 4.22. The number of carbonyl (C=O) groups is 1. The number of nitrogens with zero attached hydrogens (tertiary/aromatic N) is 1. The number of benzene rings is 3. The molecule has 7 heteroatoms. The van der Waals surface area contributed by atoms with Crippen LogP contribution in [0.3, 0.4) is 0 Å². The second-order valence-corrected chi connectivity index (χ2v) is 8.39. The molecule has 0 fully saturated rings. The highest BCUT2D eigenvalue weighted by Gasteiger charge is 2.17. The molecular weight excluding hydrogens is 435 g/mol. The number of aliphatic imine (C=N–C) groups is 1. The fourth-order valence-corrected chi connectivity index (χ4v) is 4.58. The van der Waals surface area contributed by atoms with Crippen LogP contribution in [0, 0.1) is 0 Å². The molecule has 0 spiro atoms. The molecule has 1 amide bonds. The number of nitrogens with one attached hydrogen (secondary N) is 1. The minimum atomic E-state index is -0.216. The lowest BCUT2D eigenvalue weighted by molar-refractivity contribution is 0.0951. The minimum Gasteiger partial charge on any atom is -0.348 e. The van der Waals surface area contributed by atoms with E-state index in [1.165, 1.54) is 0 Å². The Morgan fingerprint density at radius 2 is 1.79 bits per heavy atom. The molecule has 0 aromatic heterocycles. The summed E-state index contributed by atoms with van der Waals surface area (Å²) in [4.78, 5) is 19.1. The number of amides is 1. The van der Waals surface area contributed by atoms with Gasteiger partial charge in [0.2, 0.25) is 0 Å². The maximum absolute atomic E-state index is 12.6. The Morgan fingerprint density at radius 1 is 0.964 bits per heavy atom. The maximum atomic E-state index is 12.6. The van der Waals surface area contributed by atoms with E-state index in [0.29, 0.717) is 33.0 Å². The molecule has 1 N–H and O–H groups in total. The van der Waals surface area contributed by atoms with Gasteiger partial charge in [-0.3, -0.25) is 4.79 Å². The maximum Gasteiger partial charge on any atom is 0.251 e. The standard InChI is InChI=1S/C21H13Cl3N2OS/c22-14-7-5-13(16(23)10-14)11-25-21(27)12-6-8-19-17(9-12)26-20(24)15-3-1-2-4-18(15)28-19/h1-10H,11H2,(H,25,27). The van der Waals surface area contributed by atoms with Gasteiger partial charge in [0.1, 0.15) is 5.17 Å². The van der Waals surface area contributed by atoms with Crippen LogP contribution < -0.4 is 5.32 Å². The highest BCUT2D eigenvalue weighted by Crippen LogP contribution is 2.41. The molecule has 4 rings (SSSR count). The third kappa shape index (κ3) is 4.06. The number of hydrogen-bond donors (Lipinski definition) is 1. The van der Waals surface area contributed by atoms with Gasteiger partial charge in [0, 0.05) is 37.5 Å². The van der Waals surface area contributed by atoms with Gasteiger partial charge in [-0.05, 0) is 42.0 Å². The summed E-state index contributed by atoms with van der Waals surface area (Å²) < 4.78 is 0. The van der Waals surface area contributed by atoms with Crippen LogP contribution in [0.1, 0.15) is 21.5 Å². The van der Waals surface area contributed by atoms with Gasteiger partial charge < -0.3 is 5.32 Å². The zero-order chi connectivity index (χ0) is 19.7. The van der Waals surface area contributed by atoms with Crippen molar-refractivity contribution in [3.05, 3.63) is 87.4 Å². The molecule has 0 radical (unpaired) electrons. The van der Waals surface area contributed by atoms with Gasteiger partial charge in [0.25, 0.3) is 5.91 Å². The van der Waals surface area contributed by atoms with Crippen molar-refractivity contribution in [3.8, 4) is 0 Å². The Bertz CT molecular complexity index is 1110. The summed E-state index contributed by atoms with van der Waals surface area (Å²) in [6.07, 6.45) is 0. The lowest BCUT2D eigenvalue weighted by Crippen LogP contribution is -2.22. The Balaban J connectivity index is 1.56. The first kappa shape index (κ1) is 19.3. The minimum absolute atomic E-state index is 0.216. The van der Waals surface area contributed by atoms with Gasteiger partial charge in [0.15, 0.2) is 0 Å². The number of hydrogen-bond acceptors (Lipinski definition) is 3. The van der Waals surface area contributed by atoms with Crippen molar-refractivity contribution in [1.82, 2.24) is 5.32 Å². The summed E-state index contributed by atoms with van der Waals surface area (Å²) in [6, 6.07) is 18.4. The van der Waals surface area contributed by atoms with E-state index in [0.717, 1.165) is 20.9 Å². The first-order chi connectivity index (χ1) is 13.5. The van der Waals surface area contributed by atoms with Crippen molar-refractivity contribution in [3.63, 3.8) is 0 Å². The van der Waals surface area contributed by atoms with Crippen LogP contribution in [0.15, 0.2) is 75.4 Å². The van der Waals surface area contributed by atoms with Crippen LogP contribution >= 0.6 is 46.6 Å². The van der Waals surface area contributed by atoms with Crippen LogP contribution in [0.25, 0.3) is 0 Å². The fourth-order valence-electron chi connectivity index (χ4n) is 2.79. The molecule has 0 saturated heterocycles. The van der Waals surface area contributed by atoms with E-state index in [-0.39, 0.29) is 5.91 Å². The summed E-state index contributed by atoms with van der Waals surface area (Å²) in [5.74, 6) is -0.216. The van der Waals surface area contributed by atoms with E-state index in [9.17, 15) is 4.79 Å². The molecular formula is C21H13Cl3N2OS. The van der Waals surface area contributed by atoms with Crippen LogP contribution in [-0.4, -0.2) is 11.1 Å². The zero-order valence-electron chi connectivity index (χ0n) is 14.4. The van der Waals surface area contributed by atoms with Crippen molar-refractivity contribution >= 4 is 63.3 Å². The van der Waals surface area contributed by atoms with Gasteiger partial charge in [-0.2, -0.15) is 0 Å². The molecule has 28 heavy (non-hydrogen) atoms. The molecule has 1 aliphatic heterocycles. The third-order valence-corrected chi connectivity index (χ3v) is 6.24. The summed E-state index contributed by atoms with van der Waals surface area (Å²) in [6.45, 7) is 0.302. The molecule has 3 nitrogen and oxygen atoms in total. The second kappa shape index (κ2) is 8.18.